The normalized spacial score (nSPS) is 10.6. The molecule has 6 nitrogen and oxygen atoms in total. The molecule has 2 heterocycles. The largest absolute Gasteiger partial charge is 0.454 e. The van der Waals surface area contributed by atoms with Crippen molar-refractivity contribution in [2.75, 3.05) is 19.7 Å². The van der Waals surface area contributed by atoms with Crippen LogP contribution in [0.2, 0.25) is 0 Å². The molecule has 0 radical (unpaired) electrons. The van der Waals surface area contributed by atoms with Crippen LogP contribution in [0.5, 0.6) is 0 Å². The minimum absolute atomic E-state index is 0.0551. The molecule has 1 amide bonds. The number of hydrogen-bond donors (Lipinski definition) is 1. The van der Waals surface area contributed by atoms with E-state index in [9.17, 15) is 4.79 Å². The second-order valence-corrected chi connectivity index (χ2v) is 4.08. The second-order valence-electron chi connectivity index (χ2n) is 4.08. The number of aliphatic hydroxyl groups is 1. The van der Waals surface area contributed by atoms with E-state index in [0.29, 0.717) is 25.4 Å². The summed E-state index contributed by atoms with van der Waals surface area (Å²) in [7, 11) is 0. The highest BCUT2D eigenvalue weighted by Gasteiger charge is 2.17. The molecule has 1 N–H and O–H groups in total. The first-order valence-electron chi connectivity index (χ1n) is 6.21. The SMILES string of the molecule is CCN(CCO)C(=O)c1ccc(Cn2cccn2)o1. The van der Waals surface area contributed by atoms with E-state index in [-0.39, 0.29) is 18.3 Å². The number of amides is 1. The Balaban J connectivity index is 2.05. The van der Waals surface area contributed by atoms with Crippen molar-refractivity contribution in [3.05, 3.63) is 42.1 Å². The van der Waals surface area contributed by atoms with Gasteiger partial charge in [-0.25, -0.2) is 0 Å². The predicted molar refractivity (Wildman–Crippen MR) is 68.7 cm³/mol. The van der Waals surface area contributed by atoms with Gasteiger partial charge in [0, 0.05) is 25.5 Å². The van der Waals surface area contributed by atoms with Crippen molar-refractivity contribution in [3.63, 3.8) is 0 Å². The molecule has 0 fully saturated rings. The van der Waals surface area contributed by atoms with E-state index in [1.54, 1.807) is 23.0 Å². The van der Waals surface area contributed by atoms with Gasteiger partial charge in [-0.1, -0.05) is 0 Å². The van der Waals surface area contributed by atoms with E-state index in [2.05, 4.69) is 5.10 Å². The number of carbonyl (C=O) groups is 1. The first-order valence-corrected chi connectivity index (χ1v) is 6.21. The van der Waals surface area contributed by atoms with Gasteiger partial charge in [0.2, 0.25) is 0 Å². The lowest BCUT2D eigenvalue weighted by molar-refractivity contribution is 0.0698. The van der Waals surface area contributed by atoms with Crippen LogP contribution in [0, 0.1) is 0 Å². The van der Waals surface area contributed by atoms with Gasteiger partial charge in [-0.2, -0.15) is 5.10 Å². The second kappa shape index (κ2) is 6.19. The van der Waals surface area contributed by atoms with Crippen molar-refractivity contribution >= 4 is 5.91 Å². The number of carbonyl (C=O) groups excluding carboxylic acids is 1. The van der Waals surface area contributed by atoms with Crippen LogP contribution in [0.15, 0.2) is 35.0 Å². The standard InChI is InChI=1S/C13H17N3O3/c1-2-15(8-9-17)13(18)12-5-4-11(19-12)10-16-7-3-6-14-16/h3-7,17H,2,8-10H2,1H3. The lowest BCUT2D eigenvalue weighted by Gasteiger charge is -2.17. The zero-order valence-corrected chi connectivity index (χ0v) is 10.8. The van der Waals surface area contributed by atoms with Crippen LogP contribution in [0.25, 0.3) is 0 Å². The fourth-order valence-corrected chi connectivity index (χ4v) is 1.81. The van der Waals surface area contributed by atoms with E-state index in [1.807, 2.05) is 19.2 Å². The Bertz CT molecular complexity index is 519. The smallest absolute Gasteiger partial charge is 0.289 e. The Morgan fingerprint density at radius 1 is 1.53 bits per heavy atom. The highest BCUT2D eigenvalue weighted by Crippen LogP contribution is 2.12. The van der Waals surface area contributed by atoms with Gasteiger partial charge in [0.1, 0.15) is 5.76 Å². The van der Waals surface area contributed by atoms with Gasteiger partial charge in [0.25, 0.3) is 5.91 Å². The van der Waals surface area contributed by atoms with Crippen LogP contribution in [0.4, 0.5) is 0 Å². The van der Waals surface area contributed by atoms with E-state index in [4.69, 9.17) is 9.52 Å². The highest BCUT2D eigenvalue weighted by molar-refractivity contribution is 5.91. The third-order valence-corrected chi connectivity index (χ3v) is 2.79. The molecule has 102 valence electrons. The maximum Gasteiger partial charge on any atom is 0.289 e. The number of furan rings is 1. The van der Waals surface area contributed by atoms with Crippen molar-refractivity contribution in [3.8, 4) is 0 Å². The lowest BCUT2D eigenvalue weighted by atomic mass is 10.3. The molecule has 0 bridgehead atoms. The summed E-state index contributed by atoms with van der Waals surface area (Å²) in [6, 6.07) is 5.25. The monoisotopic (exact) mass is 263 g/mol. The molecule has 2 aromatic heterocycles. The first kappa shape index (κ1) is 13.4. The Kier molecular flexibility index (Phi) is 4.35. The molecule has 6 heteroatoms. The minimum Gasteiger partial charge on any atom is -0.454 e. The third-order valence-electron chi connectivity index (χ3n) is 2.79. The summed E-state index contributed by atoms with van der Waals surface area (Å²) < 4.78 is 7.23. The molecule has 0 saturated heterocycles. The van der Waals surface area contributed by atoms with Crippen LogP contribution in [0.3, 0.4) is 0 Å². The van der Waals surface area contributed by atoms with E-state index < -0.39 is 0 Å². The first-order chi connectivity index (χ1) is 9.24. The Morgan fingerprint density at radius 2 is 2.37 bits per heavy atom. The predicted octanol–water partition coefficient (Wildman–Crippen LogP) is 0.979. The Labute approximate surface area is 111 Å². The van der Waals surface area contributed by atoms with E-state index in [0.717, 1.165) is 0 Å². The van der Waals surface area contributed by atoms with Crippen molar-refractivity contribution in [1.29, 1.82) is 0 Å². The van der Waals surface area contributed by atoms with Crippen LogP contribution in [0.1, 0.15) is 23.2 Å². The number of likely N-dealkylation sites (N-methyl/N-ethyl adjacent to an activating group) is 1. The molecule has 0 atom stereocenters. The summed E-state index contributed by atoms with van der Waals surface area (Å²) in [5, 5.41) is 13.0. The maximum atomic E-state index is 12.1. The fourth-order valence-electron chi connectivity index (χ4n) is 1.81. The zero-order chi connectivity index (χ0) is 13.7. The van der Waals surface area contributed by atoms with E-state index >= 15 is 0 Å². The summed E-state index contributed by atoms with van der Waals surface area (Å²) in [5.41, 5.74) is 0. The minimum atomic E-state index is -0.205. The van der Waals surface area contributed by atoms with Gasteiger partial charge in [0.15, 0.2) is 5.76 Å². The molecule has 0 aromatic carbocycles. The van der Waals surface area contributed by atoms with Gasteiger partial charge in [-0.05, 0) is 25.1 Å². The number of aliphatic hydroxyl groups excluding tert-OH is 1. The third kappa shape index (κ3) is 3.23. The van der Waals surface area contributed by atoms with Crippen molar-refractivity contribution in [2.45, 2.75) is 13.5 Å². The molecule has 0 aliphatic heterocycles. The van der Waals surface area contributed by atoms with Crippen molar-refractivity contribution < 1.29 is 14.3 Å². The highest BCUT2D eigenvalue weighted by atomic mass is 16.4. The summed E-state index contributed by atoms with van der Waals surface area (Å²) >= 11 is 0. The number of rotatable bonds is 6. The Morgan fingerprint density at radius 3 is 3.00 bits per heavy atom. The fraction of sp³-hybridized carbons (Fsp3) is 0.385. The van der Waals surface area contributed by atoms with Crippen LogP contribution in [-0.2, 0) is 6.54 Å². The molecule has 0 aliphatic rings. The van der Waals surface area contributed by atoms with Crippen LogP contribution in [-0.4, -0.2) is 45.4 Å². The van der Waals surface area contributed by atoms with Gasteiger partial charge >= 0.3 is 0 Å². The van der Waals surface area contributed by atoms with Gasteiger partial charge < -0.3 is 14.4 Å². The molecule has 2 aromatic rings. The number of nitrogens with zero attached hydrogens (tertiary/aromatic N) is 3. The molecule has 0 aliphatic carbocycles. The van der Waals surface area contributed by atoms with Gasteiger partial charge in [-0.3, -0.25) is 9.48 Å². The Hall–Kier alpha value is -2.08. The van der Waals surface area contributed by atoms with Gasteiger partial charge in [0.05, 0.1) is 13.2 Å². The summed E-state index contributed by atoms with van der Waals surface area (Å²) in [6.07, 6.45) is 3.52. The molecular weight excluding hydrogens is 246 g/mol. The van der Waals surface area contributed by atoms with Crippen molar-refractivity contribution in [1.82, 2.24) is 14.7 Å². The number of hydrogen-bond acceptors (Lipinski definition) is 4. The zero-order valence-electron chi connectivity index (χ0n) is 10.8. The molecule has 0 spiro atoms. The van der Waals surface area contributed by atoms with E-state index in [1.165, 1.54) is 4.90 Å². The summed E-state index contributed by atoms with van der Waals surface area (Å²) in [4.78, 5) is 13.6. The molecule has 19 heavy (non-hydrogen) atoms. The molecule has 0 saturated carbocycles. The summed E-state index contributed by atoms with van der Waals surface area (Å²) in [5.74, 6) is 0.757. The lowest BCUT2D eigenvalue weighted by Crippen LogP contribution is -2.33. The molecule has 2 rings (SSSR count). The number of aromatic nitrogens is 2. The van der Waals surface area contributed by atoms with Crippen LogP contribution < -0.4 is 0 Å². The molecule has 0 unspecified atom stereocenters. The summed E-state index contributed by atoms with van der Waals surface area (Å²) in [6.45, 7) is 3.15. The van der Waals surface area contributed by atoms with Crippen molar-refractivity contribution in [2.24, 2.45) is 0 Å². The average Bonchev–Trinajstić information content (AvgIpc) is 3.07. The maximum absolute atomic E-state index is 12.1. The molecular formula is C13H17N3O3. The topological polar surface area (TPSA) is 71.5 Å². The van der Waals surface area contributed by atoms with Gasteiger partial charge in [-0.15, -0.1) is 0 Å². The quantitative estimate of drug-likeness (QED) is 0.843. The van der Waals surface area contributed by atoms with Crippen LogP contribution >= 0.6 is 0 Å². The average molecular weight is 263 g/mol.